The third-order valence-corrected chi connectivity index (χ3v) is 4.73. The number of hydrogen-bond acceptors (Lipinski definition) is 6. The maximum atomic E-state index is 12.1. The van der Waals surface area contributed by atoms with Crippen LogP contribution in [0.25, 0.3) is 0 Å². The van der Waals surface area contributed by atoms with Crippen LogP contribution >= 0.6 is 24.0 Å². The first-order valence-electron chi connectivity index (χ1n) is 10.5. The van der Waals surface area contributed by atoms with Crippen molar-refractivity contribution in [3.8, 4) is 17.2 Å². The second-order valence-corrected chi connectivity index (χ2v) is 8.24. The quantitative estimate of drug-likeness (QED) is 0.298. The number of nitrogens with zero attached hydrogens (tertiary/aromatic N) is 2. The number of alkyl carbamates (subject to hydrolysis) is 1. The van der Waals surface area contributed by atoms with Gasteiger partial charge < -0.3 is 34.5 Å². The minimum atomic E-state index is -0.517. The summed E-state index contributed by atoms with van der Waals surface area (Å²) in [5.74, 6) is 2.54. The van der Waals surface area contributed by atoms with Crippen molar-refractivity contribution in [1.82, 2.24) is 15.5 Å². The highest BCUT2D eigenvalue weighted by atomic mass is 127. The molecule has 0 aliphatic carbocycles. The number of halogens is 1. The Morgan fingerprint density at radius 1 is 1.16 bits per heavy atom. The lowest BCUT2D eigenvalue weighted by Crippen LogP contribution is -2.44. The lowest BCUT2D eigenvalue weighted by Gasteiger charge is -2.23. The number of nitrogens with one attached hydrogen (secondary N) is 2. The van der Waals surface area contributed by atoms with Crippen LogP contribution in [0.5, 0.6) is 17.2 Å². The Bertz CT molecular complexity index is 782. The van der Waals surface area contributed by atoms with Gasteiger partial charge in [-0.05, 0) is 46.2 Å². The molecule has 1 aromatic rings. The summed E-state index contributed by atoms with van der Waals surface area (Å²) in [5.41, 5.74) is 0.371. The molecule has 1 atom stereocenters. The van der Waals surface area contributed by atoms with E-state index in [-0.39, 0.29) is 30.0 Å². The highest BCUT2D eigenvalue weighted by Gasteiger charge is 2.28. The molecule has 1 aliphatic rings. The topological polar surface area (TPSA) is 93.7 Å². The number of amides is 1. The van der Waals surface area contributed by atoms with Gasteiger partial charge in [-0.3, -0.25) is 0 Å². The number of aliphatic imine (C=N–C) groups is 1. The monoisotopic (exact) mass is 564 g/mol. The number of ether oxygens (including phenoxy) is 4. The summed E-state index contributed by atoms with van der Waals surface area (Å²) in [5, 5.41) is 6.28. The zero-order valence-corrected chi connectivity index (χ0v) is 22.4. The summed E-state index contributed by atoms with van der Waals surface area (Å²) in [6.07, 6.45) is 0.430. The number of carbonyl (C=O) groups excluding carboxylic acids is 1. The summed E-state index contributed by atoms with van der Waals surface area (Å²) in [6.45, 7) is 10.2. The molecular weight excluding hydrogens is 527 g/mol. The van der Waals surface area contributed by atoms with Crippen LogP contribution in [0.4, 0.5) is 4.79 Å². The molecular formula is C22H37IN4O5. The SMILES string of the molecule is CCNC(=NCc1ccc(OC)c(OC)c1OC)N1CCC(NC(=O)OC(C)(C)C)C1.I. The Labute approximate surface area is 208 Å². The molecule has 1 aliphatic heterocycles. The maximum absolute atomic E-state index is 12.1. The van der Waals surface area contributed by atoms with E-state index >= 15 is 0 Å². The molecule has 10 heteroatoms. The first-order valence-corrected chi connectivity index (χ1v) is 10.5. The van der Waals surface area contributed by atoms with Gasteiger partial charge in [0.2, 0.25) is 5.75 Å². The van der Waals surface area contributed by atoms with Crippen molar-refractivity contribution in [2.75, 3.05) is 41.0 Å². The molecule has 1 unspecified atom stereocenters. The highest BCUT2D eigenvalue weighted by Crippen LogP contribution is 2.40. The maximum Gasteiger partial charge on any atom is 0.407 e. The average Bonchev–Trinajstić information content (AvgIpc) is 3.16. The van der Waals surface area contributed by atoms with Crippen LogP contribution in [-0.4, -0.2) is 69.6 Å². The molecule has 2 N–H and O–H groups in total. The summed E-state index contributed by atoms with van der Waals surface area (Å²) in [7, 11) is 4.77. The van der Waals surface area contributed by atoms with Crippen molar-refractivity contribution in [2.45, 2.75) is 52.3 Å². The van der Waals surface area contributed by atoms with E-state index in [9.17, 15) is 4.79 Å². The van der Waals surface area contributed by atoms with Gasteiger partial charge in [-0.15, -0.1) is 24.0 Å². The van der Waals surface area contributed by atoms with Crippen molar-refractivity contribution in [1.29, 1.82) is 0 Å². The molecule has 0 saturated carbocycles. The number of rotatable bonds is 7. The van der Waals surface area contributed by atoms with E-state index in [0.717, 1.165) is 31.0 Å². The van der Waals surface area contributed by atoms with Crippen LogP contribution in [0.2, 0.25) is 0 Å². The van der Waals surface area contributed by atoms with Gasteiger partial charge in [0.15, 0.2) is 17.5 Å². The van der Waals surface area contributed by atoms with Crippen LogP contribution in [0, 0.1) is 0 Å². The molecule has 0 spiro atoms. The van der Waals surface area contributed by atoms with Gasteiger partial charge in [-0.25, -0.2) is 9.79 Å². The van der Waals surface area contributed by atoms with Crippen LogP contribution < -0.4 is 24.8 Å². The van der Waals surface area contributed by atoms with Crippen LogP contribution in [0.3, 0.4) is 0 Å². The number of carbonyl (C=O) groups is 1. The Kier molecular flexibility index (Phi) is 11.2. The Hall–Kier alpha value is -2.11. The molecule has 2 rings (SSSR count). The van der Waals surface area contributed by atoms with Gasteiger partial charge in [0.05, 0.1) is 33.9 Å². The standard InChI is InChI=1S/C22H36N4O5.HI/c1-8-23-20(26-12-11-16(14-26)25-21(27)31-22(2,3)4)24-13-15-9-10-17(28-5)19(30-7)18(15)29-6;/h9-10,16H,8,11-14H2,1-7H3,(H,23,24)(H,25,27);1H. The molecule has 9 nitrogen and oxygen atoms in total. The summed E-state index contributed by atoms with van der Waals surface area (Å²) in [6, 6.07) is 3.77. The zero-order chi connectivity index (χ0) is 23.0. The molecule has 1 saturated heterocycles. The van der Waals surface area contributed by atoms with Gasteiger partial charge in [0.25, 0.3) is 0 Å². The minimum Gasteiger partial charge on any atom is -0.493 e. The van der Waals surface area contributed by atoms with Crippen molar-refractivity contribution in [3.63, 3.8) is 0 Å². The highest BCUT2D eigenvalue weighted by molar-refractivity contribution is 14.0. The van der Waals surface area contributed by atoms with Gasteiger partial charge in [-0.1, -0.05) is 0 Å². The van der Waals surface area contributed by atoms with Gasteiger partial charge in [0, 0.05) is 25.2 Å². The molecule has 32 heavy (non-hydrogen) atoms. The van der Waals surface area contributed by atoms with Crippen LogP contribution in [0.1, 0.15) is 39.7 Å². The minimum absolute atomic E-state index is 0. The first-order chi connectivity index (χ1) is 14.7. The van der Waals surface area contributed by atoms with E-state index in [1.165, 1.54) is 0 Å². The number of guanidine groups is 1. The van der Waals surface area contributed by atoms with Crippen molar-refractivity contribution in [2.24, 2.45) is 4.99 Å². The van der Waals surface area contributed by atoms with E-state index in [1.807, 2.05) is 39.8 Å². The largest absolute Gasteiger partial charge is 0.493 e. The van der Waals surface area contributed by atoms with Crippen molar-refractivity contribution >= 4 is 36.0 Å². The molecule has 1 fully saturated rings. The van der Waals surface area contributed by atoms with Gasteiger partial charge in [-0.2, -0.15) is 0 Å². The van der Waals surface area contributed by atoms with Crippen LogP contribution in [0.15, 0.2) is 17.1 Å². The average molecular weight is 564 g/mol. The lowest BCUT2D eigenvalue weighted by atomic mass is 10.1. The summed E-state index contributed by atoms with van der Waals surface area (Å²) in [4.78, 5) is 19.0. The summed E-state index contributed by atoms with van der Waals surface area (Å²) < 4.78 is 21.7. The fourth-order valence-corrected chi connectivity index (χ4v) is 3.42. The normalized spacial score (nSPS) is 16.2. The second kappa shape index (κ2) is 12.8. The molecule has 0 radical (unpaired) electrons. The van der Waals surface area contributed by atoms with Crippen molar-refractivity contribution < 1.29 is 23.7 Å². The van der Waals surface area contributed by atoms with E-state index in [0.29, 0.717) is 30.3 Å². The molecule has 1 amide bonds. The predicted molar refractivity (Wildman–Crippen MR) is 136 cm³/mol. The van der Waals surface area contributed by atoms with E-state index < -0.39 is 11.7 Å². The van der Waals surface area contributed by atoms with E-state index in [2.05, 4.69) is 15.5 Å². The fourth-order valence-electron chi connectivity index (χ4n) is 3.42. The Balaban J connectivity index is 0.00000512. The fraction of sp³-hybridized carbons (Fsp3) is 0.636. The van der Waals surface area contributed by atoms with Gasteiger partial charge >= 0.3 is 6.09 Å². The number of likely N-dealkylation sites (tertiary alicyclic amines) is 1. The summed E-state index contributed by atoms with van der Waals surface area (Å²) >= 11 is 0. The lowest BCUT2D eigenvalue weighted by molar-refractivity contribution is 0.0507. The molecule has 1 aromatic carbocycles. The Morgan fingerprint density at radius 3 is 2.41 bits per heavy atom. The van der Waals surface area contributed by atoms with Gasteiger partial charge in [0.1, 0.15) is 5.60 Å². The predicted octanol–water partition coefficient (Wildman–Crippen LogP) is 3.39. The van der Waals surface area contributed by atoms with E-state index in [4.69, 9.17) is 23.9 Å². The Morgan fingerprint density at radius 2 is 1.84 bits per heavy atom. The smallest absolute Gasteiger partial charge is 0.407 e. The number of methoxy groups -OCH3 is 3. The molecule has 1 heterocycles. The third kappa shape index (κ3) is 7.79. The molecule has 0 bridgehead atoms. The van der Waals surface area contributed by atoms with Crippen LogP contribution in [-0.2, 0) is 11.3 Å². The van der Waals surface area contributed by atoms with E-state index in [1.54, 1.807) is 21.3 Å². The molecule has 0 aromatic heterocycles. The zero-order valence-electron chi connectivity index (χ0n) is 20.1. The first kappa shape index (κ1) is 27.9. The second-order valence-electron chi connectivity index (χ2n) is 8.24. The molecule has 182 valence electrons. The third-order valence-electron chi connectivity index (χ3n) is 4.73. The van der Waals surface area contributed by atoms with Crippen molar-refractivity contribution in [3.05, 3.63) is 17.7 Å². The number of benzene rings is 1. The number of hydrogen-bond donors (Lipinski definition) is 2.